The van der Waals surface area contributed by atoms with Gasteiger partial charge in [0.25, 0.3) is 11.7 Å². The molecule has 0 saturated carbocycles. The van der Waals surface area contributed by atoms with Crippen LogP contribution < -0.4 is 18.9 Å². The Balaban J connectivity index is 1.78. The topological polar surface area (TPSA) is 97.8 Å². The van der Waals surface area contributed by atoms with Crippen LogP contribution in [0.2, 0.25) is 0 Å². The maximum Gasteiger partial charge on any atom is 0.295 e. The van der Waals surface area contributed by atoms with Gasteiger partial charge in [-0.2, -0.15) is 0 Å². The fourth-order valence-corrected chi connectivity index (χ4v) is 5.10. The third-order valence-corrected chi connectivity index (χ3v) is 7.17. The Morgan fingerprint density at radius 2 is 1.73 bits per heavy atom. The van der Waals surface area contributed by atoms with Crippen LogP contribution >= 0.6 is 0 Å². The SMILES string of the molecule is CCCOc1ccc([C@H]2/C(=C(\O)c3ccc4c(c3)OCCO4)C(=O)C(=O)N2CCCN(CC)CC)cc1OCC. The molecule has 9 heteroatoms. The number of nitrogens with zero attached hydrogens (tertiary/aromatic N) is 2. The van der Waals surface area contributed by atoms with E-state index in [1.54, 1.807) is 35.2 Å². The van der Waals surface area contributed by atoms with Crippen molar-refractivity contribution >= 4 is 17.4 Å². The minimum Gasteiger partial charge on any atom is -0.507 e. The van der Waals surface area contributed by atoms with Gasteiger partial charge in [-0.25, -0.2) is 0 Å². The van der Waals surface area contributed by atoms with E-state index in [0.29, 0.717) is 73.5 Å². The molecular formula is C31H40N2O7. The standard InChI is InChI=1S/C31H40N2O7/c1-5-16-38-23-12-10-21(19-25(23)37-8-4)28-27(29(34)22-11-13-24-26(20-22)40-18-17-39-24)30(35)31(36)33(28)15-9-14-32(6-2)7-3/h10-13,19-20,28,34H,5-9,14-18H2,1-4H3/b29-27+/t28-/m0/s1. The Morgan fingerprint density at radius 1 is 0.975 bits per heavy atom. The van der Waals surface area contributed by atoms with Crippen molar-refractivity contribution in [3.8, 4) is 23.0 Å². The van der Waals surface area contributed by atoms with Crippen LogP contribution in [0.3, 0.4) is 0 Å². The highest BCUT2D eigenvalue weighted by atomic mass is 16.6. The van der Waals surface area contributed by atoms with Crippen LogP contribution in [0, 0.1) is 0 Å². The van der Waals surface area contributed by atoms with Crippen LogP contribution in [-0.4, -0.2) is 79.2 Å². The largest absolute Gasteiger partial charge is 0.507 e. The Labute approximate surface area is 236 Å². The lowest BCUT2D eigenvalue weighted by Crippen LogP contribution is -2.33. The molecule has 1 amide bonds. The van der Waals surface area contributed by atoms with E-state index in [2.05, 4.69) is 18.7 Å². The van der Waals surface area contributed by atoms with Gasteiger partial charge in [0.05, 0.1) is 24.8 Å². The molecule has 1 N–H and O–H groups in total. The number of hydrogen-bond donors (Lipinski definition) is 1. The average molecular weight is 553 g/mol. The molecule has 40 heavy (non-hydrogen) atoms. The molecule has 1 saturated heterocycles. The zero-order valence-corrected chi connectivity index (χ0v) is 23.9. The van der Waals surface area contributed by atoms with E-state index < -0.39 is 17.7 Å². The Morgan fingerprint density at radius 3 is 2.42 bits per heavy atom. The fourth-order valence-electron chi connectivity index (χ4n) is 5.10. The van der Waals surface area contributed by atoms with Crippen LogP contribution in [0.5, 0.6) is 23.0 Å². The van der Waals surface area contributed by atoms with Gasteiger partial charge < -0.3 is 33.9 Å². The third-order valence-electron chi connectivity index (χ3n) is 7.17. The van der Waals surface area contributed by atoms with Crippen LogP contribution in [0.1, 0.15) is 57.7 Å². The summed E-state index contributed by atoms with van der Waals surface area (Å²) in [5.41, 5.74) is 1.07. The number of fused-ring (bicyclic) bond motifs is 1. The first-order valence-electron chi connectivity index (χ1n) is 14.2. The quantitative estimate of drug-likeness (QED) is 0.215. The summed E-state index contributed by atoms with van der Waals surface area (Å²) in [5, 5.41) is 11.5. The van der Waals surface area contributed by atoms with Gasteiger partial charge in [0.1, 0.15) is 19.0 Å². The van der Waals surface area contributed by atoms with Crippen molar-refractivity contribution in [3.63, 3.8) is 0 Å². The number of likely N-dealkylation sites (tertiary alicyclic amines) is 1. The van der Waals surface area contributed by atoms with Gasteiger partial charge >= 0.3 is 0 Å². The van der Waals surface area contributed by atoms with Crippen molar-refractivity contribution in [1.29, 1.82) is 0 Å². The lowest BCUT2D eigenvalue weighted by molar-refractivity contribution is -0.140. The maximum atomic E-state index is 13.5. The number of benzene rings is 2. The maximum absolute atomic E-state index is 13.5. The summed E-state index contributed by atoms with van der Waals surface area (Å²) in [6, 6.07) is 9.66. The van der Waals surface area contributed by atoms with Gasteiger partial charge in [0, 0.05) is 12.1 Å². The lowest BCUT2D eigenvalue weighted by atomic mass is 9.94. The molecule has 0 radical (unpaired) electrons. The number of carbonyl (C=O) groups excluding carboxylic acids is 2. The Bertz CT molecular complexity index is 1240. The number of hydrogen-bond acceptors (Lipinski definition) is 8. The van der Waals surface area contributed by atoms with Crippen molar-refractivity contribution in [1.82, 2.24) is 9.80 Å². The molecule has 0 bridgehead atoms. The van der Waals surface area contributed by atoms with E-state index >= 15 is 0 Å². The zero-order chi connectivity index (χ0) is 28.6. The summed E-state index contributed by atoms with van der Waals surface area (Å²) in [6.07, 6.45) is 1.53. The number of carbonyl (C=O) groups is 2. The normalized spacial score (nSPS) is 17.9. The second-order valence-corrected chi connectivity index (χ2v) is 9.72. The van der Waals surface area contributed by atoms with Gasteiger partial charge in [-0.15, -0.1) is 0 Å². The smallest absolute Gasteiger partial charge is 0.295 e. The van der Waals surface area contributed by atoms with E-state index in [1.807, 2.05) is 19.9 Å². The predicted molar refractivity (Wildman–Crippen MR) is 152 cm³/mol. The fraction of sp³-hybridized carbons (Fsp3) is 0.484. The first-order chi connectivity index (χ1) is 19.4. The van der Waals surface area contributed by atoms with E-state index in [-0.39, 0.29) is 11.3 Å². The molecular weight excluding hydrogens is 512 g/mol. The van der Waals surface area contributed by atoms with Crippen LogP contribution in [-0.2, 0) is 9.59 Å². The first-order valence-corrected chi connectivity index (χ1v) is 14.2. The molecule has 0 aliphatic carbocycles. The van der Waals surface area contributed by atoms with Gasteiger partial charge in [0.15, 0.2) is 23.0 Å². The third kappa shape index (κ3) is 6.20. The second kappa shape index (κ2) is 13.6. The van der Waals surface area contributed by atoms with Crippen LogP contribution in [0.4, 0.5) is 0 Å². The van der Waals surface area contributed by atoms with E-state index in [1.165, 1.54) is 0 Å². The first kappa shape index (κ1) is 29.3. The molecule has 2 aromatic carbocycles. The number of rotatable bonds is 13. The molecule has 1 atom stereocenters. The lowest BCUT2D eigenvalue weighted by Gasteiger charge is -2.27. The Kier molecular flexibility index (Phi) is 9.93. The molecule has 1 fully saturated rings. The number of ether oxygens (including phenoxy) is 4. The summed E-state index contributed by atoms with van der Waals surface area (Å²) >= 11 is 0. The molecule has 9 nitrogen and oxygen atoms in total. The van der Waals surface area contributed by atoms with E-state index in [4.69, 9.17) is 18.9 Å². The molecule has 216 valence electrons. The summed E-state index contributed by atoms with van der Waals surface area (Å²) < 4.78 is 23.0. The van der Waals surface area contributed by atoms with Gasteiger partial charge in [-0.05, 0) is 75.3 Å². The number of aliphatic hydroxyl groups excluding tert-OH is 1. The molecule has 4 rings (SSSR count). The summed E-state index contributed by atoms with van der Waals surface area (Å²) in [5.74, 6) is 0.573. The van der Waals surface area contributed by atoms with Crippen molar-refractivity contribution in [2.75, 3.05) is 52.6 Å². The number of Topliss-reactive ketones (excluding diaryl/α,β-unsaturated/α-hetero) is 1. The highest BCUT2D eigenvalue weighted by Crippen LogP contribution is 2.43. The van der Waals surface area contributed by atoms with Crippen molar-refractivity contribution in [2.45, 2.75) is 46.6 Å². The molecule has 2 heterocycles. The second-order valence-electron chi connectivity index (χ2n) is 9.72. The predicted octanol–water partition coefficient (Wildman–Crippen LogP) is 4.80. The van der Waals surface area contributed by atoms with E-state index in [9.17, 15) is 14.7 Å². The van der Waals surface area contributed by atoms with Crippen molar-refractivity contribution in [2.24, 2.45) is 0 Å². The van der Waals surface area contributed by atoms with E-state index in [0.717, 1.165) is 26.1 Å². The molecule has 2 aliphatic rings. The molecule has 0 unspecified atom stereocenters. The zero-order valence-electron chi connectivity index (χ0n) is 23.9. The monoisotopic (exact) mass is 552 g/mol. The van der Waals surface area contributed by atoms with Gasteiger partial charge in [0.2, 0.25) is 0 Å². The number of aliphatic hydroxyl groups is 1. The summed E-state index contributed by atoms with van der Waals surface area (Å²) in [6.45, 7) is 12.9. The molecule has 2 aromatic rings. The Hall–Kier alpha value is -3.72. The van der Waals surface area contributed by atoms with Crippen molar-refractivity contribution < 1.29 is 33.6 Å². The van der Waals surface area contributed by atoms with Crippen molar-refractivity contribution in [3.05, 3.63) is 53.1 Å². The molecule has 0 spiro atoms. The minimum atomic E-state index is -0.788. The van der Waals surface area contributed by atoms with Gasteiger partial charge in [-0.1, -0.05) is 26.8 Å². The number of amides is 1. The molecule has 0 aromatic heterocycles. The van der Waals surface area contributed by atoms with Crippen LogP contribution in [0.25, 0.3) is 5.76 Å². The highest BCUT2D eigenvalue weighted by Gasteiger charge is 2.46. The average Bonchev–Trinajstić information content (AvgIpc) is 3.23. The summed E-state index contributed by atoms with van der Waals surface area (Å²) in [4.78, 5) is 30.8. The van der Waals surface area contributed by atoms with Crippen LogP contribution in [0.15, 0.2) is 42.0 Å². The molecule has 2 aliphatic heterocycles. The highest BCUT2D eigenvalue weighted by molar-refractivity contribution is 6.46. The van der Waals surface area contributed by atoms with Gasteiger partial charge in [-0.3, -0.25) is 9.59 Å². The number of ketones is 1. The minimum absolute atomic E-state index is 0.0363. The summed E-state index contributed by atoms with van der Waals surface area (Å²) in [7, 11) is 0.